The maximum absolute atomic E-state index is 11.0. The maximum Gasteiger partial charge on any atom is 0.336 e. The molecule has 0 aromatic heterocycles. The molecule has 0 fully saturated rings. The minimum atomic E-state index is -0.836. The van der Waals surface area contributed by atoms with Gasteiger partial charge in [-0.3, -0.25) is 0 Å². The molecule has 1 aromatic carbocycles. The molecule has 1 aliphatic heterocycles. The van der Waals surface area contributed by atoms with Gasteiger partial charge in [-0.1, -0.05) is 12.1 Å². The van der Waals surface area contributed by atoms with E-state index in [1.54, 1.807) is 6.07 Å². The van der Waals surface area contributed by atoms with Crippen LogP contribution in [0.3, 0.4) is 0 Å². The minimum Gasteiger partial charge on any atom is -0.478 e. The third kappa shape index (κ3) is 1.40. The van der Waals surface area contributed by atoms with E-state index in [-0.39, 0.29) is 6.04 Å². The Hall–Kier alpha value is -1.35. The molecular formula is C11H13NO2. The standard InChI is InChI=1S/C11H13NO2/c1-7-10-8(5-6-12-7)3-2-4-9(10)11(13)14/h2-4,7,12H,5-6H2,1H3,(H,13,14)/t7-/m1/s1. The fourth-order valence-electron chi connectivity index (χ4n) is 2.05. The van der Waals surface area contributed by atoms with Gasteiger partial charge in [-0.05, 0) is 37.1 Å². The van der Waals surface area contributed by atoms with Gasteiger partial charge < -0.3 is 10.4 Å². The molecule has 1 aliphatic rings. The number of fused-ring (bicyclic) bond motifs is 1. The molecule has 0 amide bonds. The smallest absolute Gasteiger partial charge is 0.336 e. The molecule has 0 saturated heterocycles. The van der Waals surface area contributed by atoms with Gasteiger partial charge in [0, 0.05) is 6.04 Å². The summed E-state index contributed by atoms with van der Waals surface area (Å²) in [5.41, 5.74) is 2.55. The van der Waals surface area contributed by atoms with Gasteiger partial charge in [0.05, 0.1) is 5.56 Å². The van der Waals surface area contributed by atoms with Crippen LogP contribution in [0, 0.1) is 0 Å². The van der Waals surface area contributed by atoms with Crippen LogP contribution in [0.5, 0.6) is 0 Å². The lowest BCUT2D eigenvalue weighted by molar-refractivity contribution is 0.0694. The van der Waals surface area contributed by atoms with Crippen molar-refractivity contribution < 1.29 is 9.90 Å². The Kier molecular flexibility index (Phi) is 2.25. The Morgan fingerprint density at radius 2 is 2.36 bits per heavy atom. The summed E-state index contributed by atoms with van der Waals surface area (Å²) in [4.78, 5) is 11.0. The van der Waals surface area contributed by atoms with Crippen LogP contribution in [0.25, 0.3) is 0 Å². The van der Waals surface area contributed by atoms with E-state index >= 15 is 0 Å². The van der Waals surface area contributed by atoms with Crippen molar-refractivity contribution in [2.24, 2.45) is 0 Å². The van der Waals surface area contributed by atoms with Crippen LogP contribution in [0.4, 0.5) is 0 Å². The highest BCUT2D eigenvalue weighted by Gasteiger charge is 2.21. The third-order valence-corrected chi connectivity index (χ3v) is 2.70. The Morgan fingerprint density at radius 1 is 1.57 bits per heavy atom. The number of nitrogens with one attached hydrogen (secondary N) is 1. The summed E-state index contributed by atoms with van der Waals surface area (Å²) in [5, 5.41) is 12.3. The number of carboxylic acids is 1. The summed E-state index contributed by atoms with van der Waals surface area (Å²) in [7, 11) is 0. The molecule has 74 valence electrons. The first-order valence-corrected chi connectivity index (χ1v) is 4.78. The molecule has 0 aliphatic carbocycles. The fraction of sp³-hybridized carbons (Fsp3) is 0.364. The number of benzene rings is 1. The van der Waals surface area contributed by atoms with Crippen molar-refractivity contribution in [3.05, 3.63) is 34.9 Å². The fourth-order valence-corrected chi connectivity index (χ4v) is 2.05. The highest BCUT2D eigenvalue weighted by atomic mass is 16.4. The molecule has 3 heteroatoms. The van der Waals surface area contributed by atoms with E-state index in [0.29, 0.717) is 5.56 Å². The lowest BCUT2D eigenvalue weighted by atomic mass is 9.91. The van der Waals surface area contributed by atoms with Crippen molar-refractivity contribution in [1.29, 1.82) is 0 Å². The Bertz CT molecular complexity index is 374. The first kappa shape index (κ1) is 9.21. The van der Waals surface area contributed by atoms with E-state index in [9.17, 15) is 4.79 Å². The summed E-state index contributed by atoms with van der Waals surface area (Å²) >= 11 is 0. The lowest BCUT2D eigenvalue weighted by Gasteiger charge is -2.25. The van der Waals surface area contributed by atoms with Gasteiger partial charge in [-0.15, -0.1) is 0 Å². The van der Waals surface area contributed by atoms with Gasteiger partial charge in [0.2, 0.25) is 0 Å². The quantitative estimate of drug-likeness (QED) is 0.708. The molecule has 3 nitrogen and oxygen atoms in total. The van der Waals surface area contributed by atoms with Gasteiger partial charge in [-0.25, -0.2) is 4.79 Å². The second-order valence-electron chi connectivity index (χ2n) is 3.61. The second-order valence-corrected chi connectivity index (χ2v) is 3.61. The predicted molar refractivity (Wildman–Crippen MR) is 53.5 cm³/mol. The van der Waals surface area contributed by atoms with Crippen LogP contribution in [0.15, 0.2) is 18.2 Å². The highest BCUT2D eigenvalue weighted by Crippen LogP contribution is 2.26. The number of hydrogen-bond acceptors (Lipinski definition) is 2. The Labute approximate surface area is 82.8 Å². The predicted octanol–water partition coefficient (Wildman–Crippen LogP) is 1.59. The summed E-state index contributed by atoms with van der Waals surface area (Å²) in [6.45, 7) is 2.93. The average molecular weight is 191 g/mol. The molecule has 2 N–H and O–H groups in total. The van der Waals surface area contributed by atoms with E-state index in [1.807, 2.05) is 19.1 Å². The summed E-state index contributed by atoms with van der Waals surface area (Å²) < 4.78 is 0. The molecule has 14 heavy (non-hydrogen) atoms. The number of hydrogen-bond donors (Lipinski definition) is 2. The van der Waals surface area contributed by atoms with E-state index in [4.69, 9.17) is 5.11 Å². The number of aromatic carboxylic acids is 1. The normalized spacial score (nSPS) is 20.2. The maximum atomic E-state index is 11.0. The summed E-state index contributed by atoms with van der Waals surface area (Å²) in [6, 6.07) is 5.65. The SMILES string of the molecule is C[C@H]1NCCc2cccc(C(=O)O)c21. The molecule has 0 radical (unpaired) electrons. The lowest BCUT2D eigenvalue weighted by Crippen LogP contribution is -2.29. The van der Waals surface area contributed by atoms with Crippen molar-refractivity contribution in [1.82, 2.24) is 5.32 Å². The van der Waals surface area contributed by atoms with Crippen LogP contribution < -0.4 is 5.32 Å². The van der Waals surface area contributed by atoms with Gasteiger partial charge in [0.1, 0.15) is 0 Å². The summed E-state index contributed by atoms with van der Waals surface area (Å²) in [5.74, 6) is -0.836. The number of rotatable bonds is 1. The van der Waals surface area contributed by atoms with Crippen molar-refractivity contribution in [3.63, 3.8) is 0 Å². The zero-order chi connectivity index (χ0) is 10.1. The Balaban J connectivity index is 2.57. The van der Waals surface area contributed by atoms with Crippen LogP contribution in [0.1, 0.15) is 34.5 Å². The second kappa shape index (κ2) is 3.42. The molecule has 0 saturated carbocycles. The van der Waals surface area contributed by atoms with Gasteiger partial charge in [0.15, 0.2) is 0 Å². The molecule has 1 aromatic rings. The molecule has 1 atom stereocenters. The summed E-state index contributed by atoms with van der Waals surface area (Å²) in [6.07, 6.45) is 0.917. The van der Waals surface area contributed by atoms with E-state index < -0.39 is 5.97 Å². The topological polar surface area (TPSA) is 49.3 Å². The first-order valence-electron chi connectivity index (χ1n) is 4.78. The van der Waals surface area contributed by atoms with Crippen molar-refractivity contribution in [2.45, 2.75) is 19.4 Å². The van der Waals surface area contributed by atoms with Gasteiger partial charge >= 0.3 is 5.97 Å². The van der Waals surface area contributed by atoms with E-state index in [0.717, 1.165) is 24.1 Å². The third-order valence-electron chi connectivity index (χ3n) is 2.70. The number of carboxylic acid groups (broad SMARTS) is 1. The average Bonchev–Trinajstić information content (AvgIpc) is 2.17. The van der Waals surface area contributed by atoms with Crippen LogP contribution in [-0.2, 0) is 6.42 Å². The molecule has 0 unspecified atom stereocenters. The monoisotopic (exact) mass is 191 g/mol. The zero-order valence-electron chi connectivity index (χ0n) is 8.08. The van der Waals surface area contributed by atoms with Crippen LogP contribution in [-0.4, -0.2) is 17.6 Å². The van der Waals surface area contributed by atoms with Crippen molar-refractivity contribution in [3.8, 4) is 0 Å². The van der Waals surface area contributed by atoms with E-state index in [1.165, 1.54) is 0 Å². The van der Waals surface area contributed by atoms with Gasteiger partial charge in [0.25, 0.3) is 0 Å². The Morgan fingerprint density at radius 3 is 3.07 bits per heavy atom. The zero-order valence-corrected chi connectivity index (χ0v) is 8.08. The molecule has 0 bridgehead atoms. The minimum absolute atomic E-state index is 0.144. The molecule has 2 rings (SSSR count). The number of carbonyl (C=O) groups is 1. The van der Waals surface area contributed by atoms with Crippen LogP contribution in [0.2, 0.25) is 0 Å². The largest absolute Gasteiger partial charge is 0.478 e. The van der Waals surface area contributed by atoms with Crippen molar-refractivity contribution >= 4 is 5.97 Å². The van der Waals surface area contributed by atoms with Crippen LogP contribution >= 0.6 is 0 Å². The highest BCUT2D eigenvalue weighted by molar-refractivity contribution is 5.90. The molecular weight excluding hydrogens is 178 g/mol. The van der Waals surface area contributed by atoms with Crippen molar-refractivity contribution in [2.75, 3.05) is 6.54 Å². The first-order chi connectivity index (χ1) is 6.70. The van der Waals surface area contributed by atoms with E-state index in [2.05, 4.69) is 5.32 Å². The molecule has 0 spiro atoms. The molecule has 1 heterocycles. The van der Waals surface area contributed by atoms with Gasteiger partial charge in [-0.2, -0.15) is 0 Å².